The van der Waals surface area contributed by atoms with Crippen LogP contribution in [0.15, 0.2) is 11.4 Å². The molecule has 0 spiro atoms. The predicted molar refractivity (Wildman–Crippen MR) is 80.4 cm³/mol. The van der Waals surface area contributed by atoms with Gasteiger partial charge in [-0.1, -0.05) is 20.8 Å². The summed E-state index contributed by atoms with van der Waals surface area (Å²) in [5.74, 6) is 0. The van der Waals surface area contributed by atoms with E-state index in [1.165, 1.54) is 10.4 Å². The summed E-state index contributed by atoms with van der Waals surface area (Å²) < 4.78 is 5.92. The van der Waals surface area contributed by atoms with Crippen molar-refractivity contribution in [1.82, 2.24) is 5.32 Å². The Kier molecular flexibility index (Phi) is 6.33. The summed E-state index contributed by atoms with van der Waals surface area (Å²) in [5, 5.41) is 5.87. The van der Waals surface area contributed by atoms with E-state index in [1.807, 2.05) is 18.4 Å². The summed E-state index contributed by atoms with van der Waals surface area (Å²) in [5.41, 5.74) is 1.28. The van der Waals surface area contributed by atoms with Crippen LogP contribution >= 0.6 is 11.3 Å². The van der Waals surface area contributed by atoms with E-state index in [0.717, 1.165) is 25.8 Å². The zero-order valence-electron chi connectivity index (χ0n) is 12.4. The molecule has 0 fully saturated rings. The van der Waals surface area contributed by atoms with E-state index in [1.54, 1.807) is 0 Å². The van der Waals surface area contributed by atoms with Crippen molar-refractivity contribution < 1.29 is 4.74 Å². The molecule has 0 aliphatic rings. The average molecular weight is 269 g/mol. The second kappa shape index (κ2) is 7.27. The Bertz CT molecular complexity index is 336. The fourth-order valence-corrected chi connectivity index (χ4v) is 3.66. The predicted octanol–water partition coefficient (Wildman–Crippen LogP) is 4.30. The lowest BCUT2D eigenvalue weighted by Gasteiger charge is -2.39. The van der Waals surface area contributed by atoms with Gasteiger partial charge in [0.2, 0.25) is 0 Å². The summed E-state index contributed by atoms with van der Waals surface area (Å²) in [4.78, 5) is 1.43. The largest absolute Gasteiger partial charge is 0.376 e. The molecule has 0 radical (unpaired) electrons. The Morgan fingerprint density at radius 1 is 1.33 bits per heavy atom. The minimum Gasteiger partial charge on any atom is -0.376 e. The molecule has 0 bridgehead atoms. The number of rotatable bonds is 8. The van der Waals surface area contributed by atoms with Crippen LogP contribution in [0.4, 0.5) is 0 Å². The maximum absolute atomic E-state index is 5.92. The molecule has 3 heteroatoms. The molecule has 2 nitrogen and oxygen atoms in total. The Morgan fingerprint density at radius 3 is 2.39 bits per heavy atom. The maximum atomic E-state index is 5.92. The van der Waals surface area contributed by atoms with Crippen molar-refractivity contribution in [1.29, 1.82) is 0 Å². The summed E-state index contributed by atoms with van der Waals surface area (Å²) in [6.07, 6.45) is 3.20. The second-order valence-corrected chi connectivity index (χ2v) is 5.78. The van der Waals surface area contributed by atoms with Crippen molar-refractivity contribution in [2.24, 2.45) is 0 Å². The lowest BCUT2D eigenvalue weighted by molar-refractivity contribution is -0.0477. The van der Waals surface area contributed by atoms with E-state index < -0.39 is 0 Å². The quantitative estimate of drug-likeness (QED) is 0.759. The summed E-state index contributed by atoms with van der Waals surface area (Å²) >= 11 is 1.84. The van der Waals surface area contributed by atoms with Crippen LogP contribution in [0.25, 0.3) is 0 Å². The smallest absolute Gasteiger partial charge is 0.0875 e. The first-order valence-corrected chi connectivity index (χ1v) is 7.85. The SMILES string of the molecule is CCCNC(c1sccc1C)C(CC)(CC)OC. The summed E-state index contributed by atoms with van der Waals surface area (Å²) in [7, 11) is 1.84. The molecule has 0 saturated carbocycles. The molecule has 104 valence electrons. The van der Waals surface area contributed by atoms with Gasteiger partial charge in [0.15, 0.2) is 0 Å². The lowest BCUT2D eigenvalue weighted by Crippen LogP contribution is -2.45. The van der Waals surface area contributed by atoms with E-state index in [-0.39, 0.29) is 5.60 Å². The van der Waals surface area contributed by atoms with Crippen LogP contribution in [0.1, 0.15) is 56.5 Å². The first-order chi connectivity index (χ1) is 8.65. The van der Waals surface area contributed by atoms with Crippen LogP contribution < -0.4 is 5.32 Å². The maximum Gasteiger partial charge on any atom is 0.0875 e. The summed E-state index contributed by atoms with van der Waals surface area (Å²) in [6.45, 7) is 9.87. The molecule has 18 heavy (non-hydrogen) atoms. The Hall–Kier alpha value is -0.380. The van der Waals surface area contributed by atoms with Crippen molar-refractivity contribution in [3.05, 3.63) is 21.9 Å². The molecule has 0 aliphatic heterocycles. The molecular formula is C15H27NOS. The van der Waals surface area contributed by atoms with E-state index in [2.05, 4.69) is 44.5 Å². The highest BCUT2D eigenvalue weighted by atomic mass is 32.1. The first kappa shape index (κ1) is 15.7. The molecule has 0 saturated heterocycles. The highest BCUT2D eigenvalue weighted by molar-refractivity contribution is 7.10. The van der Waals surface area contributed by atoms with Crippen molar-refractivity contribution in [2.45, 2.75) is 58.6 Å². The molecule has 1 unspecified atom stereocenters. The third-order valence-corrected chi connectivity index (χ3v) is 4.98. The van der Waals surface area contributed by atoms with Gasteiger partial charge < -0.3 is 10.1 Å². The van der Waals surface area contributed by atoms with Crippen molar-refractivity contribution >= 4 is 11.3 Å². The van der Waals surface area contributed by atoms with Crippen molar-refractivity contribution in [2.75, 3.05) is 13.7 Å². The Morgan fingerprint density at radius 2 is 2.00 bits per heavy atom. The number of ether oxygens (including phenoxy) is 1. The molecule has 0 amide bonds. The van der Waals surface area contributed by atoms with Crippen LogP contribution in [0.5, 0.6) is 0 Å². The Labute approximate surface area is 116 Å². The van der Waals surface area contributed by atoms with Crippen LogP contribution in [-0.4, -0.2) is 19.3 Å². The van der Waals surface area contributed by atoms with E-state index in [0.29, 0.717) is 6.04 Å². The molecule has 0 aromatic carbocycles. The van der Waals surface area contributed by atoms with Gasteiger partial charge in [-0.2, -0.15) is 0 Å². The van der Waals surface area contributed by atoms with Gasteiger partial charge in [-0.15, -0.1) is 11.3 Å². The van der Waals surface area contributed by atoms with Gasteiger partial charge in [0.1, 0.15) is 0 Å². The average Bonchev–Trinajstić information content (AvgIpc) is 2.81. The van der Waals surface area contributed by atoms with Gasteiger partial charge in [-0.05, 0) is 49.7 Å². The van der Waals surface area contributed by atoms with E-state index in [4.69, 9.17) is 4.74 Å². The minimum absolute atomic E-state index is 0.0925. The zero-order valence-corrected chi connectivity index (χ0v) is 13.2. The number of aryl methyl sites for hydroxylation is 1. The number of hydrogen-bond donors (Lipinski definition) is 1. The molecule has 0 aliphatic carbocycles. The van der Waals surface area contributed by atoms with Crippen LogP contribution in [0.3, 0.4) is 0 Å². The van der Waals surface area contributed by atoms with Crippen LogP contribution in [-0.2, 0) is 4.74 Å². The van der Waals surface area contributed by atoms with Crippen molar-refractivity contribution in [3.63, 3.8) is 0 Å². The number of methoxy groups -OCH3 is 1. The number of nitrogens with one attached hydrogen (secondary N) is 1. The highest BCUT2D eigenvalue weighted by Crippen LogP contribution is 2.38. The first-order valence-electron chi connectivity index (χ1n) is 6.97. The third kappa shape index (κ3) is 3.14. The van der Waals surface area contributed by atoms with E-state index >= 15 is 0 Å². The number of hydrogen-bond acceptors (Lipinski definition) is 3. The lowest BCUT2D eigenvalue weighted by atomic mass is 9.86. The Balaban J connectivity index is 3.07. The molecule has 1 heterocycles. The van der Waals surface area contributed by atoms with Crippen LogP contribution in [0, 0.1) is 6.92 Å². The number of thiophene rings is 1. The standard InChI is InChI=1S/C15H27NOS/c1-6-10-16-14(13-12(4)9-11-18-13)15(7-2,8-3)17-5/h9,11,14,16H,6-8,10H2,1-5H3. The zero-order chi connectivity index (χ0) is 13.6. The molecule has 1 atom stereocenters. The molecular weight excluding hydrogens is 242 g/mol. The van der Waals surface area contributed by atoms with Crippen LogP contribution in [0.2, 0.25) is 0 Å². The summed E-state index contributed by atoms with van der Waals surface area (Å²) in [6, 6.07) is 2.50. The van der Waals surface area contributed by atoms with Crippen molar-refractivity contribution in [3.8, 4) is 0 Å². The topological polar surface area (TPSA) is 21.3 Å². The fourth-order valence-electron chi connectivity index (χ4n) is 2.55. The van der Waals surface area contributed by atoms with Gasteiger partial charge >= 0.3 is 0 Å². The molecule has 1 N–H and O–H groups in total. The second-order valence-electron chi connectivity index (χ2n) is 4.83. The highest BCUT2D eigenvalue weighted by Gasteiger charge is 2.37. The van der Waals surface area contributed by atoms with Gasteiger partial charge in [0.25, 0.3) is 0 Å². The third-order valence-electron chi connectivity index (χ3n) is 3.89. The molecule has 1 aromatic heterocycles. The minimum atomic E-state index is -0.0925. The van der Waals surface area contributed by atoms with Gasteiger partial charge in [0.05, 0.1) is 11.6 Å². The molecule has 1 rings (SSSR count). The van der Waals surface area contributed by atoms with Gasteiger partial charge in [-0.3, -0.25) is 0 Å². The monoisotopic (exact) mass is 269 g/mol. The fraction of sp³-hybridized carbons (Fsp3) is 0.733. The van der Waals surface area contributed by atoms with Gasteiger partial charge in [0, 0.05) is 12.0 Å². The molecule has 1 aromatic rings. The van der Waals surface area contributed by atoms with Gasteiger partial charge in [-0.25, -0.2) is 0 Å². The van der Waals surface area contributed by atoms with E-state index in [9.17, 15) is 0 Å². The normalized spacial score (nSPS) is 13.8.